The minimum Gasteiger partial charge on any atom is -0.327 e. The van der Waals surface area contributed by atoms with Gasteiger partial charge in [-0.25, -0.2) is 0 Å². The standard InChI is InChI=1S/C8H17O2P/c1-4-7(2)5-8(9)6-11(3)10/h7,11H,4-6H2,1-3H3/i11T. The molecule has 0 aliphatic carbocycles. The Morgan fingerprint density at radius 2 is 2.27 bits per heavy atom. The Hall–Kier alpha value is -0.100. The molecule has 0 heterocycles. The number of carbonyl (C=O) groups is 1. The Kier molecular flexibility index (Phi) is 4.53. The van der Waals surface area contributed by atoms with Gasteiger partial charge in [-0.05, 0) is 12.6 Å². The van der Waals surface area contributed by atoms with Crippen molar-refractivity contribution in [3.63, 3.8) is 0 Å². The first-order valence-corrected chi connectivity index (χ1v) is 5.85. The van der Waals surface area contributed by atoms with Crippen molar-refractivity contribution in [3.05, 3.63) is 0 Å². The lowest BCUT2D eigenvalue weighted by atomic mass is 10.0. The second-order valence-corrected chi connectivity index (χ2v) is 4.61. The molecule has 2 atom stereocenters. The molecule has 0 radical (unpaired) electrons. The Bertz CT molecular complexity index is 197. The van der Waals surface area contributed by atoms with Gasteiger partial charge < -0.3 is 4.57 Å². The van der Waals surface area contributed by atoms with Crippen molar-refractivity contribution in [2.45, 2.75) is 26.7 Å². The molecular weight excluding hydrogens is 159 g/mol. The Morgan fingerprint density at radius 3 is 2.64 bits per heavy atom. The number of Topliss-reactive ketones (excluding diaryl/α,β-unsaturated/α-hetero) is 1. The third-order valence-corrected chi connectivity index (χ3v) is 2.47. The Labute approximate surface area is 70.4 Å². The molecule has 0 N–H and O–H groups in total. The zero-order valence-corrected chi connectivity index (χ0v) is 8.36. The van der Waals surface area contributed by atoms with Crippen LogP contribution in [0.5, 0.6) is 0 Å². The van der Waals surface area contributed by atoms with Gasteiger partial charge in [0.15, 0.2) is 0 Å². The zero-order chi connectivity index (χ0) is 9.78. The molecule has 0 fully saturated rings. The molecule has 2 unspecified atom stereocenters. The van der Waals surface area contributed by atoms with E-state index in [0.29, 0.717) is 12.3 Å². The minimum absolute atomic E-state index is 0.0369. The van der Waals surface area contributed by atoms with Crippen LogP contribution in [0.25, 0.3) is 0 Å². The summed E-state index contributed by atoms with van der Waals surface area (Å²) in [6.45, 7) is 5.34. The first-order valence-electron chi connectivity index (χ1n) is 4.41. The van der Waals surface area contributed by atoms with E-state index in [1.807, 2.05) is 13.8 Å². The van der Waals surface area contributed by atoms with E-state index in [-0.39, 0.29) is 11.9 Å². The molecule has 0 bridgehead atoms. The molecule has 0 aromatic heterocycles. The first kappa shape index (κ1) is 8.99. The Balaban J connectivity index is 3.83. The predicted octanol–water partition coefficient (Wildman–Crippen LogP) is 2.18. The van der Waals surface area contributed by atoms with Crippen LogP contribution in [0.3, 0.4) is 0 Å². The highest BCUT2D eigenvalue weighted by Gasteiger charge is 2.08. The first-order chi connectivity index (χ1) is 5.35. The molecule has 0 saturated heterocycles. The molecule has 0 rings (SSSR count). The largest absolute Gasteiger partial charge is 0.327 e. The summed E-state index contributed by atoms with van der Waals surface area (Å²) in [5.41, 5.74) is 0. The van der Waals surface area contributed by atoms with E-state index in [9.17, 15) is 9.36 Å². The number of rotatable bonds is 5. The number of hydrogen-bond donors (Lipinski definition) is 0. The lowest BCUT2D eigenvalue weighted by Crippen LogP contribution is -2.06. The van der Waals surface area contributed by atoms with Crippen molar-refractivity contribution in [1.29, 1.82) is 1.28 Å². The van der Waals surface area contributed by atoms with Crippen molar-refractivity contribution in [1.82, 2.24) is 0 Å². The van der Waals surface area contributed by atoms with Crippen LogP contribution >= 0.6 is 7.75 Å². The van der Waals surface area contributed by atoms with Gasteiger partial charge in [-0.1, -0.05) is 20.3 Å². The molecule has 0 aromatic carbocycles. The summed E-state index contributed by atoms with van der Waals surface area (Å²) in [6.07, 6.45) is 1.36. The average Bonchev–Trinajstić information content (AvgIpc) is 1.82. The lowest BCUT2D eigenvalue weighted by Gasteiger charge is -2.05. The average molecular weight is 178 g/mol. The van der Waals surface area contributed by atoms with Gasteiger partial charge in [0.1, 0.15) is 7.06 Å². The smallest absolute Gasteiger partial charge is 0.140 e. The summed E-state index contributed by atoms with van der Waals surface area (Å²) < 4.78 is 18.0. The van der Waals surface area contributed by atoms with Crippen LogP contribution in [0.2, 0.25) is 0 Å². The monoisotopic (exact) mass is 178 g/mol. The molecule has 0 saturated carbocycles. The van der Waals surface area contributed by atoms with Crippen LogP contribution in [-0.2, 0) is 9.36 Å². The highest BCUT2D eigenvalue weighted by molar-refractivity contribution is 7.44. The summed E-state index contributed by atoms with van der Waals surface area (Å²) in [6, 6.07) is 0. The number of hydrogen-bond acceptors (Lipinski definition) is 2. The van der Waals surface area contributed by atoms with Crippen molar-refractivity contribution in [2.75, 3.05) is 12.8 Å². The van der Waals surface area contributed by atoms with Gasteiger partial charge in [0, 0.05) is 6.42 Å². The summed E-state index contributed by atoms with van der Waals surface area (Å²) in [5.74, 6) is 0.314. The van der Waals surface area contributed by atoms with Crippen LogP contribution < -0.4 is 0 Å². The molecule has 11 heavy (non-hydrogen) atoms. The molecule has 0 aromatic rings. The molecular formula is C8H17O2P. The van der Waals surface area contributed by atoms with E-state index in [0.717, 1.165) is 6.42 Å². The summed E-state index contributed by atoms with van der Waals surface area (Å²) >= 11 is 0. The van der Waals surface area contributed by atoms with Crippen LogP contribution in [0, 0.1) is 5.92 Å². The van der Waals surface area contributed by atoms with Gasteiger partial charge in [-0.3, -0.25) is 4.79 Å². The normalized spacial score (nSPS) is 20.1. The molecule has 0 spiro atoms. The van der Waals surface area contributed by atoms with Crippen molar-refractivity contribution >= 4 is 13.5 Å². The molecule has 0 amide bonds. The third-order valence-electron chi connectivity index (χ3n) is 1.67. The zero-order valence-electron chi connectivity index (χ0n) is 8.46. The van der Waals surface area contributed by atoms with Crippen LogP contribution in [0.15, 0.2) is 0 Å². The fourth-order valence-electron chi connectivity index (χ4n) is 0.846. The minimum atomic E-state index is -2.89. The highest BCUT2D eigenvalue weighted by atomic mass is 31.1. The van der Waals surface area contributed by atoms with Gasteiger partial charge in [0.25, 0.3) is 0 Å². The summed E-state index contributed by atoms with van der Waals surface area (Å²) in [4.78, 5) is 11.1. The van der Waals surface area contributed by atoms with Crippen LogP contribution in [-0.4, -0.2) is 19.9 Å². The SMILES string of the molecule is [3H]P(C)(=O)CC(=O)CC(C)CC. The molecule has 66 valence electrons. The fraction of sp³-hybridized carbons (Fsp3) is 0.875. The van der Waals surface area contributed by atoms with Crippen molar-refractivity contribution in [3.8, 4) is 0 Å². The van der Waals surface area contributed by atoms with Crippen molar-refractivity contribution in [2.24, 2.45) is 5.92 Å². The van der Waals surface area contributed by atoms with E-state index in [4.69, 9.17) is 1.28 Å². The van der Waals surface area contributed by atoms with Crippen LogP contribution in [0.4, 0.5) is 0 Å². The summed E-state index contributed by atoms with van der Waals surface area (Å²) in [5, 5.41) is 0. The van der Waals surface area contributed by atoms with Gasteiger partial charge in [-0.2, -0.15) is 0 Å². The van der Waals surface area contributed by atoms with E-state index >= 15 is 0 Å². The van der Waals surface area contributed by atoms with Gasteiger partial charge >= 0.3 is 0 Å². The third kappa shape index (κ3) is 6.30. The maximum Gasteiger partial charge on any atom is 0.140 e. The predicted molar refractivity (Wildman–Crippen MR) is 48.9 cm³/mol. The number of ketones is 1. The van der Waals surface area contributed by atoms with E-state index in [1.165, 1.54) is 6.66 Å². The highest BCUT2D eigenvalue weighted by Crippen LogP contribution is 2.16. The van der Waals surface area contributed by atoms with E-state index in [2.05, 4.69) is 0 Å². The topological polar surface area (TPSA) is 34.1 Å². The van der Waals surface area contributed by atoms with E-state index < -0.39 is 7.75 Å². The number of carbonyl (C=O) groups excluding carboxylic acids is 1. The second-order valence-electron chi connectivity index (χ2n) is 3.04. The quantitative estimate of drug-likeness (QED) is 0.604. The molecule has 0 aliphatic rings. The molecule has 2 nitrogen and oxygen atoms in total. The molecule has 3 heteroatoms. The summed E-state index contributed by atoms with van der Waals surface area (Å²) in [7, 11) is -2.89. The van der Waals surface area contributed by atoms with Crippen LogP contribution in [0.1, 0.15) is 26.7 Å². The van der Waals surface area contributed by atoms with Gasteiger partial charge in [0.05, 0.1) is 13.9 Å². The maximum absolute atomic E-state index is 11.1. The van der Waals surface area contributed by atoms with Gasteiger partial charge in [-0.15, -0.1) is 0 Å². The fourth-order valence-corrected chi connectivity index (χ4v) is 1.47. The van der Waals surface area contributed by atoms with Gasteiger partial charge in [0.2, 0.25) is 0 Å². The second kappa shape index (κ2) is 5.54. The maximum atomic E-state index is 11.1. The lowest BCUT2D eigenvalue weighted by molar-refractivity contribution is -0.117. The Morgan fingerprint density at radius 1 is 1.73 bits per heavy atom. The molecule has 0 aliphatic heterocycles. The van der Waals surface area contributed by atoms with Crippen molar-refractivity contribution < 1.29 is 9.36 Å². The van der Waals surface area contributed by atoms with E-state index in [1.54, 1.807) is 0 Å².